The predicted molar refractivity (Wildman–Crippen MR) is 73.4 cm³/mol. The van der Waals surface area contributed by atoms with Gasteiger partial charge in [0.2, 0.25) is 5.91 Å². The Morgan fingerprint density at radius 2 is 1.48 bits per heavy atom. The van der Waals surface area contributed by atoms with Crippen LogP contribution in [-0.2, 0) is 9.59 Å². The van der Waals surface area contributed by atoms with Gasteiger partial charge in [-0.05, 0) is 31.6 Å². The van der Waals surface area contributed by atoms with Crippen molar-refractivity contribution in [3.8, 4) is 0 Å². The van der Waals surface area contributed by atoms with E-state index in [9.17, 15) is 35.9 Å². The highest BCUT2D eigenvalue weighted by Crippen LogP contribution is 2.41. The lowest BCUT2D eigenvalue weighted by molar-refractivity contribution is -0.188. The van der Waals surface area contributed by atoms with Crippen LogP contribution in [-0.4, -0.2) is 47.3 Å². The fourth-order valence-corrected chi connectivity index (χ4v) is 3.66. The standard InChI is InChI=1S/C15H19F6NO3/c16-14(17,18)9-3-1-8(2-4-9)5-12(23)22-6-10(13(24)25)11(7-22)15(19,20)21/h8-11H,1-7H2,(H,24,25)/t8?,9?,10-,11-/m1/s1. The van der Waals surface area contributed by atoms with Gasteiger partial charge >= 0.3 is 18.3 Å². The SMILES string of the molecule is O=C(O)[C@@H]1CN(C(=O)CC2CCC(C(F)(F)F)CC2)C[C@H]1C(F)(F)F. The van der Waals surface area contributed by atoms with Gasteiger partial charge < -0.3 is 10.0 Å². The van der Waals surface area contributed by atoms with E-state index in [1.165, 1.54) is 0 Å². The summed E-state index contributed by atoms with van der Waals surface area (Å²) in [5.41, 5.74) is 0. The van der Waals surface area contributed by atoms with E-state index in [1.807, 2.05) is 0 Å². The summed E-state index contributed by atoms with van der Waals surface area (Å²) in [6, 6.07) is 0. The summed E-state index contributed by atoms with van der Waals surface area (Å²) in [5, 5.41) is 8.93. The van der Waals surface area contributed by atoms with Gasteiger partial charge in [-0.15, -0.1) is 0 Å². The maximum absolute atomic E-state index is 12.9. The average molecular weight is 375 g/mol. The summed E-state index contributed by atoms with van der Waals surface area (Å²) in [5.74, 6) is -7.74. The molecule has 1 amide bonds. The number of carbonyl (C=O) groups is 2. The largest absolute Gasteiger partial charge is 0.481 e. The molecule has 0 spiro atoms. The summed E-state index contributed by atoms with van der Waals surface area (Å²) < 4.78 is 76.6. The molecule has 1 aliphatic carbocycles. The molecule has 2 aliphatic rings. The van der Waals surface area contributed by atoms with Crippen molar-refractivity contribution in [2.45, 2.75) is 44.5 Å². The smallest absolute Gasteiger partial charge is 0.394 e. The zero-order valence-electron chi connectivity index (χ0n) is 13.2. The molecule has 2 atom stereocenters. The number of carboxylic acid groups (broad SMARTS) is 1. The summed E-state index contributed by atoms with van der Waals surface area (Å²) >= 11 is 0. The van der Waals surface area contributed by atoms with E-state index in [0.29, 0.717) is 0 Å². The number of aliphatic carboxylic acids is 1. The molecule has 1 aliphatic heterocycles. The van der Waals surface area contributed by atoms with Gasteiger partial charge in [0.1, 0.15) is 0 Å². The molecule has 144 valence electrons. The Labute approximate surface area is 140 Å². The van der Waals surface area contributed by atoms with Crippen molar-refractivity contribution >= 4 is 11.9 Å². The van der Waals surface area contributed by atoms with Gasteiger partial charge in [0, 0.05) is 19.5 Å². The maximum atomic E-state index is 12.9. The van der Waals surface area contributed by atoms with Crippen LogP contribution in [0, 0.1) is 23.7 Å². The van der Waals surface area contributed by atoms with E-state index in [1.54, 1.807) is 0 Å². The van der Waals surface area contributed by atoms with Gasteiger partial charge in [0.05, 0.1) is 17.8 Å². The molecule has 0 unspecified atom stereocenters. The minimum absolute atomic E-state index is 0.0929. The molecule has 2 rings (SSSR count). The van der Waals surface area contributed by atoms with Crippen molar-refractivity contribution in [2.24, 2.45) is 23.7 Å². The third-order valence-electron chi connectivity index (χ3n) is 5.18. The summed E-state index contributed by atoms with van der Waals surface area (Å²) in [4.78, 5) is 24.1. The molecule has 0 radical (unpaired) electrons. The molecule has 0 aromatic heterocycles. The number of hydrogen-bond donors (Lipinski definition) is 1. The van der Waals surface area contributed by atoms with E-state index in [0.717, 1.165) is 4.90 Å². The van der Waals surface area contributed by atoms with Gasteiger partial charge in [-0.2, -0.15) is 26.3 Å². The van der Waals surface area contributed by atoms with E-state index in [2.05, 4.69) is 0 Å². The summed E-state index contributed by atoms with van der Waals surface area (Å²) in [6.45, 7) is -1.23. The molecule has 25 heavy (non-hydrogen) atoms. The Kier molecular flexibility index (Phi) is 5.58. The first-order chi connectivity index (χ1) is 11.4. The molecule has 0 bridgehead atoms. The van der Waals surface area contributed by atoms with E-state index in [4.69, 9.17) is 5.11 Å². The van der Waals surface area contributed by atoms with Crippen molar-refractivity contribution in [2.75, 3.05) is 13.1 Å². The number of halogens is 6. The van der Waals surface area contributed by atoms with Crippen molar-refractivity contribution in [1.82, 2.24) is 4.90 Å². The van der Waals surface area contributed by atoms with Gasteiger partial charge in [0.25, 0.3) is 0 Å². The third kappa shape index (κ3) is 4.78. The van der Waals surface area contributed by atoms with Crippen molar-refractivity contribution < 1.29 is 41.0 Å². The number of likely N-dealkylation sites (tertiary alicyclic amines) is 1. The van der Waals surface area contributed by atoms with Crippen LogP contribution in [0.25, 0.3) is 0 Å². The summed E-state index contributed by atoms with van der Waals surface area (Å²) in [6.07, 6.45) is -8.93. The van der Waals surface area contributed by atoms with Crippen molar-refractivity contribution in [1.29, 1.82) is 0 Å². The van der Waals surface area contributed by atoms with Crippen LogP contribution >= 0.6 is 0 Å². The summed E-state index contributed by atoms with van der Waals surface area (Å²) in [7, 11) is 0. The highest BCUT2D eigenvalue weighted by Gasteiger charge is 2.53. The molecule has 2 fully saturated rings. The molecule has 1 saturated heterocycles. The molecule has 0 aromatic rings. The van der Waals surface area contributed by atoms with E-state index in [-0.39, 0.29) is 38.0 Å². The lowest BCUT2D eigenvalue weighted by Gasteiger charge is -2.30. The van der Waals surface area contributed by atoms with Crippen LogP contribution in [0.5, 0.6) is 0 Å². The molecule has 1 N–H and O–H groups in total. The van der Waals surface area contributed by atoms with Crippen LogP contribution in [0.2, 0.25) is 0 Å². The molecule has 1 heterocycles. The Morgan fingerprint density at radius 1 is 0.920 bits per heavy atom. The first-order valence-corrected chi connectivity index (χ1v) is 8.03. The quantitative estimate of drug-likeness (QED) is 0.769. The van der Waals surface area contributed by atoms with Crippen LogP contribution in [0.3, 0.4) is 0 Å². The Bertz CT molecular complexity index is 510. The maximum Gasteiger partial charge on any atom is 0.394 e. The van der Waals surface area contributed by atoms with Gasteiger partial charge in [-0.1, -0.05) is 0 Å². The number of rotatable bonds is 3. The lowest BCUT2D eigenvalue weighted by atomic mass is 9.80. The second-order valence-corrected chi connectivity index (χ2v) is 6.85. The monoisotopic (exact) mass is 375 g/mol. The first-order valence-electron chi connectivity index (χ1n) is 8.03. The number of amides is 1. The van der Waals surface area contributed by atoms with E-state index < -0.39 is 55.1 Å². The number of nitrogens with zero attached hydrogens (tertiary/aromatic N) is 1. The number of alkyl halides is 6. The Morgan fingerprint density at radius 3 is 1.88 bits per heavy atom. The van der Waals surface area contributed by atoms with Crippen molar-refractivity contribution in [3.63, 3.8) is 0 Å². The normalized spacial score (nSPS) is 31.2. The molecule has 0 aromatic carbocycles. The van der Waals surface area contributed by atoms with Crippen LogP contribution in [0.1, 0.15) is 32.1 Å². The topological polar surface area (TPSA) is 57.6 Å². The minimum atomic E-state index is -4.72. The fourth-order valence-electron chi connectivity index (χ4n) is 3.66. The number of carboxylic acids is 1. The van der Waals surface area contributed by atoms with Crippen LogP contribution in [0.15, 0.2) is 0 Å². The lowest BCUT2D eigenvalue weighted by Crippen LogP contribution is -2.34. The first kappa shape index (κ1) is 19.8. The molecule has 1 saturated carbocycles. The second kappa shape index (κ2) is 7.03. The zero-order chi connectivity index (χ0) is 19.0. The second-order valence-electron chi connectivity index (χ2n) is 6.85. The molecule has 10 heteroatoms. The minimum Gasteiger partial charge on any atom is -0.481 e. The van der Waals surface area contributed by atoms with Gasteiger partial charge in [-0.25, -0.2) is 0 Å². The Balaban J connectivity index is 1.91. The molecular weight excluding hydrogens is 356 g/mol. The third-order valence-corrected chi connectivity index (χ3v) is 5.18. The number of carbonyl (C=O) groups excluding carboxylic acids is 1. The predicted octanol–water partition coefficient (Wildman–Crippen LogP) is 3.47. The van der Waals surface area contributed by atoms with Crippen LogP contribution < -0.4 is 0 Å². The fraction of sp³-hybridized carbons (Fsp3) is 0.867. The average Bonchev–Trinajstić information content (AvgIpc) is 2.92. The van der Waals surface area contributed by atoms with E-state index >= 15 is 0 Å². The van der Waals surface area contributed by atoms with Gasteiger partial charge in [0.15, 0.2) is 0 Å². The van der Waals surface area contributed by atoms with Crippen molar-refractivity contribution in [3.05, 3.63) is 0 Å². The Hall–Kier alpha value is -1.48. The number of hydrogen-bond acceptors (Lipinski definition) is 2. The van der Waals surface area contributed by atoms with Gasteiger partial charge in [-0.3, -0.25) is 9.59 Å². The molecular formula is C15H19F6NO3. The molecule has 4 nitrogen and oxygen atoms in total. The highest BCUT2D eigenvalue weighted by atomic mass is 19.4. The van der Waals surface area contributed by atoms with Crippen LogP contribution in [0.4, 0.5) is 26.3 Å². The highest BCUT2D eigenvalue weighted by molar-refractivity contribution is 5.79. The zero-order valence-corrected chi connectivity index (χ0v) is 13.2.